The predicted molar refractivity (Wildman–Crippen MR) is 93.6 cm³/mol. The third kappa shape index (κ3) is 3.48. The molecular weight excluding hydrogens is 345 g/mol. The van der Waals surface area contributed by atoms with E-state index in [0.29, 0.717) is 5.69 Å². The number of hydrogen-bond donors (Lipinski definition) is 1. The molecule has 128 valence electrons. The molecule has 0 spiro atoms. The Kier molecular flexibility index (Phi) is 4.71. The maximum absolute atomic E-state index is 13.1. The van der Waals surface area contributed by atoms with Gasteiger partial charge in [-0.15, -0.1) is 0 Å². The minimum Gasteiger partial charge on any atom is -0.368 e. The lowest BCUT2D eigenvalue weighted by molar-refractivity contribution is -0.117. The molecule has 0 saturated carbocycles. The van der Waals surface area contributed by atoms with Crippen LogP contribution in [0.25, 0.3) is 0 Å². The third-order valence-corrected chi connectivity index (χ3v) is 4.67. The summed E-state index contributed by atoms with van der Waals surface area (Å²) in [6, 6.07) is 13.8. The Labute approximate surface area is 147 Å². The normalized spacial score (nSPS) is 17.0. The van der Waals surface area contributed by atoms with E-state index in [1.807, 2.05) is 0 Å². The second kappa shape index (κ2) is 6.94. The van der Waals surface area contributed by atoms with E-state index < -0.39 is 28.2 Å². The van der Waals surface area contributed by atoms with Crippen molar-refractivity contribution >= 4 is 40.2 Å². The minimum atomic E-state index is -0.924. The van der Waals surface area contributed by atoms with Crippen LogP contribution < -0.4 is 15.5 Å². The number of rotatable bonds is 5. The summed E-state index contributed by atoms with van der Waals surface area (Å²) in [6.07, 6.45) is 0. The molecule has 1 heterocycles. The van der Waals surface area contributed by atoms with Gasteiger partial charge in [-0.2, -0.15) is 0 Å². The number of anilines is 2. The van der Waals surface area contributed by atoms with Gasteiger partial charge in [-0.25, -0.2) is 9.29 Å². The average molecular weight is 359 g/mol. The number of nitrogens with two attached hydrogens (primary N) is 1. The van der Waals surface area contributed by atoms with Crippen molar-refractivity contribution in [3.63, 3.8) is 0 Å². The van der Waals surface area contributed by atoms with Crippen molar-refractivity contribution in [2.45, 2.75) is 5.37 Å². The van der Waals surface area contributed by atoms with Gasteiger partial charge < -0.3 is 10.6 Å². The highest BCUT2D eigenvalue weighted by Gasteiger charge is 2.44. The Morgan fingerprint density at radius 1 is 1.12 bits per heavy atom. The molecule has 1 atom stereocenters. The fraction of sp³-hybridized carbons (Fsp3) is 0.118. The number of carbonyl (C=O) groups is 3. The minimum absolute atomic E-state index is 0.210. The first kappa shape index (κ1) is 17.0. The Morgan fingerprint density at radius 2 is 1.76 bits per heavy atom. The van der Waals surface area contributed by atoms with Gasteiger partial charge >= 0.3 is 0 Å². The van der Waals surface area contributed by atoms with Crippen LogP contribution in [0.2, 0.25) is 0 Å². The summed E-state index contributed by atoms with van der Waals surface area (Å²) >= 11 is 0.788. The quantitative estimate of drug-likeness (QED) is 0.886. The summed E-state index contributed by atoms with van der Waals surface area (Å²) in [5, 5.41) is -1.42. The van der Waals surface area contributed by atoms with Crippen molar-refractivity contribution in [3.05, 3.63) is 60.4 Å². The number of thioether (sulfide) groups is 1. The van der Waals surface area contributed by atoms with E-state index in [2.05, 4.69) is 0 Å². The molecule has 8 heteroatoms. The molecule has 2 aromatic carbocycles. The lowest BCUT2D eigenvalue weighted by atomic mass is 10.2. The van der Waals surface area contributed by atoms with Crippen molar-refractivity contribution in [2.75, 3.05) is 16.3 Å². The van der Waals surface area contributed by atoms with E-state index in [4.69, 9.17) is 5.73 Å². The first-order valence-electron chi connectivity index (χ1n) is 7.37. The monoisotopic (exact) mass is 359 g/mol. The third-order valence-electron chi connectivity index (χ3n) is 3.61. The van der Waals surface area contributed by atoms with Crippen LogP contribution in [0, 0.1) is 5.82 Å². The van der Waals surface area contributed by atoms with Crippen molar-refractivity contribution in [3.8, 4) is 0 Å². The van der Waals surface area contributed by atoms with Gasteiger partial charge in [0.05, 0.1) is 12.2 Å². The van der Waals surface area contributed by atoms with Gasteiger partial charge in [-0.05, 0) is 48.2 Å². The lowest BCUT2D eigenvalue weighted by Crippen LogP contribution is -2.45. The molecule has 25 heavy (non-hydrogen) atoms. The molecule has 0 bridgehead atoms. The number of carbonyl (C=O) groups excluding carboxylic acids is 3. The highest BCUT2D eigenvalue weighted by Crippen LogP contribution is 2.35. The summed E-state index contributed by atoms with van der Waals surface area (Å²) in [7, 11) is 0. The molecule has 1 fully saturated rings. The second-order valence-corrected chi connectivity index (χ2v) is 6.35. The molecule has 1 aliphatic heterocycles. The van der Waals surface area contributed by atoms with Gasteiger partial charge in [-0.3, -0.25) is 14.4 Å². The number of hydrogen-bond acceptors (Lipinski definition) is 5. The fourth-order valence-corrected chi connectivity index (χ4v) is 3.54. The maximum atomic E-state index is 13.1. The van der Waals surface area contributed by atoms with Crippen LogP contribution >= 0.6 is 11.8 Å². The second-order valence-electron chi connectivity index (χ2n) is 5.32. The molecule has 3 rings (SSSR count). The fourth-order valence-electron chi connectivity index (χ4n) is 2.52. The molecule has 1 aliphatic rings. The average Bonchev–Trinajstić information content (AvgIpc) is 2.89. The summed E-state index contributed by atoms with van der Waals surface area (Å²) < 4.78 is 13.1. The number of para-hydroxylation sites is 1. The zero-order valence-electron chi connectivity index (χ0n) is 13.0. The number of nitrogens with zero attached hydrogens (tertiary/aromatic N) is 2. The molecule has 0 aromatic heterocycles. The SMILES string of the molecule is NC(=O)CN(c1ccccc1)[C@H]1SC(=O)N(c2ccc(F)cc2)C1=O. The van der Waals surface area contributed by atoms with Gasteiger partial charge in [0, 0.05) is 5.69 Å². The maximum Gasteiger partial charge on any atom is 0.295 e. The standard InChI is InChI=1S/C17H14FN3O3S/c18-11-6-8-13(9-7-11)21-15(23)16(25-17(21)24)20(10-14(19)22)12-4-2-1-3-5-12/h1-9,16H,10H2,(H2,19,22)/t16-/m0/s1. The number of benzene rings is 2. The molecule has 2 aromatic rings. The summed E-state index contributed by atoms with van der Waals surface area (Å²) in [4.78, 5) is 39.0. The van der Waals surface area contributed by atoms with Crippen LogP contribution in [0.1, 0.15) is 0 Å². The number of primary amides is 1. The zero-order valence-corrected chi connectivity index (χ0v) is 13.8. The van der Waals surface area contributed by atoms with E-state index in [0.717, 1.165) is 16.7 Å². The van der Waals surface area contributed by atoms with Gasteiger partial charge in [0.25, 0.3) is 11.1 Å². The summed E-state index contributed by atoms with van der Waals surface area (Å²) in [5.41, 5.74) is 6.17. The largest absolute Gasteiger partial charge is 0.368 e. The van der Waals surface area contributed by atoms with Gasteiger partial charge in [0.2, 0.25) is 5.91 Å². The highest BCUT2D eigenvalue weighted by molar-refractivity contribution is 8.16. The molecule has 3 amide bonds. The van der Waals surface area contributed by atoms with Crippen LogP contribution in [0.4, 0.5) is 20.6 Å². The van der Waals surface area contributed by atoms with Gasteiger partial charge in [0.1, 0.15) is 5.82 Å². The smallest absolute Gasteiger partial charge is 0.295 e. The lowest BCUT2D eigenvalue weighted by Gasteiger charge is -2.27. The van der Waals surface area contributed by atoms with Crippen molar-refractivity contribution in [2.24, 2.45) is 5.73 Å². The van der Waals surface area contributed by atoms with Crippen LogP contribution in [-0.4, -0.2) is 29.0 Å². The first-order valence-corrected chi connectivity index (χ1v) is 8.25. The summed E-state index contributed by atoms with van der Waals surface area (Å²) in [6.45, 7) is -0.210. The molecule has 0 unspecified atom stereocenters. The highest BCUT2D eigenvalue weighted by atomic mass is 32.2. The Morgan fingerprint density at radius 3 is 2.36 bits per heavy atom. The topological polar surface area (TPSA) is 83.7 Å². The van der Waals surface area contributed by atoms with E-state index >= 15 is 0 Å². The van der Waals surface area contributed by atoms with Gasteiger partial charge in [0.15, 0.2) is 5.37 Å². The van der Waals surface area contributed by atoms with E-state index in [1.54, 1.807) is 30.3 Å². The van der Waals surface area contributed by atoms with Crippen molar-refractivity contribution in [1.29, 1.82) is 0 Å². The molecule has 0 aliphatic carbocycles. The molecular formula is C17H14FN3O3S. The van der Waals surface area contributed by atoms with Crippen molar-refractivity contribution < 1.29 is 18.8 Å². The van der Waals surface area contributed by atoms with E-state index in [-0.39, 0.29) is 12.2 Å². The van der Waals surface area contributed by atoms with Crippen LogP contribution in [0.5, 0.6) is 0 Å². The van der Waals surface area contributed by atoms with E-state index in [9.17, 15) is 18.8 Å². The number of imide groups is 1. The molecule has 2 N–H and O–H groups in total. The number of halogens is 1. The first-order chi connectivity index (χ1) is 12.0. The van der Waals surface area contributed by atoms with E-state index in [1.165, 1.54) is 29.2 Å². The van der Waals surface area contributed by atoms with Crippen LogP contribution in [-0.2, 0) is 9.59 Å². The number of amides is 3. The Bertz CT molecular complexity index is 814. The molecule has 1 saturated heterocycles. The van der Waals surface area contributed by atoms with Crippen molar-refractivity contribution in [1.82, 2.24) is 0 Å². The van der Waals surface area contributed by atoms with Gasteiger partial charge in [-0.1, -0.05) is 18.2 Å². The van der Waals surface area contributed by atoms with Crippen LogP contribution in [0.15, 0.2) is 54.6 Å². The molecule has 0 radical (unpaired) electrons. The van der Waals surface area contributed by atoms with Crippen LogP contribution in [0.3, 0.4) is 0 Å². The Hall–Kier alpha value is -2.87. The Balaban J connectivity index is 1.93. The molecule has 6 nitrogen and oxygen atoms in total. The summed E-state index contributed by atoms with van der Waals surface area (Å²) in [5.74, 6) is -1.59. The zero-order chi connectivity index (χ0) is 18.0. The predicted octanol–water partition coefficient (Wildman–Crippen LogP) is 2.34.